The van der Waals surface area contributed by atoms with Crippen molar-refractivity contribution in [2.45, 2.75) is 50.3 Å². The minimum absolute atomic E-state index is 0.105. The highest BCUT2D eigenvalue weighted by molar-refractivity contribution is 7.92. The van der Waals surface area contributed by atoms with Crippen molar-refractivity contribution < 1.29 is 41.0 Å². The summed E-state index contributed by atoms with van der Waals surface area (Å²) >= 11 is 0. The summed E-state index contributed by atoms with van der Waals surface area (Å²) in [5.41, 5.74) is -0.0952. The summed E-state index contributed by atoms with van der Waals surface area (Å²) in [5.74, 6) is -7.30. The molecule has 0 radical (unpaired) electrons. The normalized spacial score (nSPS) is 13.0. The van der Waals surface area contributed by atoms with E-state index in [-0.39, 0.29) is 10.6 Å². The first-order valence-corrected chi connectivity index (χ1v) is 11.0. The van der Waals surface area contributed by atoms with Crippen LogP contribution in [0.2, 0.25) is 0 Å². The van der Waals surface area contributed by atoms with E-state index < -0.39 is 51.3 Å². The molecule has 0 amide bonds. The van der Waals surface area contributed by atoms with E-state index in [0.717, 1.165) is 23.8 Å². The summed E-state index contributed by atoms with van der Waals surface area (Å²) in [5, 5.41) is 10.1. The molecular weight excluding hydrogens is 451 g/mol. The minimum Gasteiger partial charge on any atom is -0.508 e. The Hall–Kier alpha value is -3.08. The standard InChI is InChI=1S/C21H22F3NO6S/c1-4-13-5-8-15(9-6-13)32(29,30)25-14-7-10-17(26)16(11-14)18(19(27)21(22,23)24)20(28)31-12(2)3/h5-12,18,25-26H,4H2,1-3H3/t18-/m1/s1. The fourth-order valence-electron chi connectivity index (χ4n) is 2.81. The number of halogens is 3. The van der Waals surface area contributed by atoms with Gasteiger partial charge in [-0.3, -0.25) is 14.3 Å². The summed E-state index contributed by atoms with van der Waals surface area (Å²) in [6, 6.07) is 8.69. The molecule has 0 aliphatic heterocycles. The van der Waals surface area contributed by atoms with Crippen LogP contribution >= 0.6 is 0 Å². The first-order chi connectivity index (χ1) is 14.8. The van der Waals surface area contributed by atoms with Crippen LogP contribution in [0, 0.1) is 0 Å². The number of alkyl halides is 3. The van der Waals surface area contributed by atoms with Gasteiger partial charge in [0.25, 0.3) is 15.8 Å². The number of aryl methyl sites for hydroxylation is 1. The number of sulfonamides is 1. The van der Waals surface area contributed by atoms with Crippen molar-refractivity contribution in [3.05, 3.63) is 53.6 Å². The zero-order chi connectivity index (χ0) is 24.3. The van der Waals surface area contributed by atoms with E-state index in [9.17, 15) is 36.3 Å². The van der Waals surface area contributed by atoms with Crippen LogP contribution in [0.1, 0.15) is 37.8 Å². The number of hydrogen-bond donors (Lipinski definition) is 2. The van der Waals surface area contributed by atoms with Crippen LogP contribution in [-0.4, -0.2) is 37.6 Å². The summed E-state index contributed by atoms with van der Waals surface area (Å²) in [6.45, 7) is 4.64. The van der Waals surface area contributed by atoms with Crippen molar-refractivity contribution in [1.29, 1.82) is 0 Å². The number of Topliss-reactive ketones (excluding diaryl/α,β-unsaturated/α-hetero) is 1. The lowest BCUT2D eigenvalue weighted by atomic mass is 9.93. The molecule has 0 aromatic heterocycles. The van der Waals surface area contributed by atoms with Crippen LogP contribution in [-0.2, 0) is 30.8 Å². The molecule has 0 unspecified atom stereocenters. The molecule has 0 spiro atoms. The lowest BCUT2D eigenvalue weighted by Crippen LogP contribution is -2.35. The first kappa shape index (κ1) is 25.2. The van der Waals surface area contributed by atoms with Gasteiger partial charge >= 0.3 is 12.1 Å². The van der Waals surface area contributed by atoms with Crippen LogP contribution in [0.4, 0.5) is 18.9 Å². The molecule has 2 N–H and O–H groups in total. The average Bonchev–Trinajstić information content (AvgIpc) is 2.69. The van der Waals surface area contributed by atoms with Crippen LogP contribution < -0.4 is 4.72 Å². The third-order valence-corrected chi connectivity index (χ3v) is 5.76. The van der Waals surface area contributed by atoms with Crippen molar-refractivity contribution in [2.75, 3.05) is 4.72 Å². The molecule has 2 rings (SSSR count). The second-order valence-corrected chi connectivity index (χ2v) is 8.84. The van der Waals surface area contributed by atoms with Gasteiger partial charge in [0.1, 0.15) is 5.75 Å². The van der Waals surface area contributed by atoms with Gasteiger partial charge in [-0.05, 0) is 56.2 Å². The fourth-order valence-corrected chi connectivity index (χ4v) is 3.86. The number of ketones is 1. The molecular formula is C21H22F3NO6S. The van der Waals surface area contributed by atoms with Crippen molar-refractivity contribution in [3.63, 3.8) is 0 Å². The van der Waals surface area contributed by atoms with Gasteiger partial charge in [0, 0.05) is 11.3 Å². The Bertz CT molecular complexity index is 1100. The Morgan fingerprint density at radius 3 is 2.19 bits per heavy atom. The first-order valence-electron chi connectivity index (χ1n) is 9.52. The molecule has 11 heteroatoms. The highest BCUT2D eigenvalue weighted by Crippen LogP contribution is 2.35. The maximum atomic E-state index is 13.1. The van der Waals surface area contributed by atoms with E-state index in [1.54, 1.807) is 12.1 Å². The smallest absolute Gasteiger partial charge is 0.451 e. The molecule has 0 fully saturated rings. The predicted molar refractivity (Wildman–Crippen MR) is 110 cm³/mol. The number of carbonyl (C=O) groups is 2. The number of aromatic hydroxyl groups is 1. The van der Waals surface area contributed by atoms with Crippen LogP contribution in [0.25, 0.3) is 0 Å². The quantitative estimate of drug-likeness (QED) is 0.342. The minimum atomic E-state index is -5.40. The van der Waals surface area contributed by atoms with Crippen LogP contribution in [0.3, 0.4) is 0 Å². The lowest BCUT2D eigenvalue weighted by molar-refractivity contribution is -0.178. The van der Waals surface area contributed by atoms with Crippen molar-refractivity contribution in [1.82, 2.24) is 0 Å². The van der Waals surface area contributed by atoms with E-state index in [1.165, 1.54) is 26.0 Å². The highest BCUT2D eigenvalue weighted by atomic mass is 32.2. The molecule has 1 atom stereocenters. The van der Waals surface area contributed by atoms with Gasteiger partial charge in [-0.1, -0.05) is 19.1 Å². The van der Waals surface area contributed by atoms with Gasteiger partial charge in [0.05, 0.1) is 11.0 Å². The Balaban J connectivity index is 2.48. The van der Waals surface area contributed by atoms with Crippen molar-refractivity contribution in [2.24, 2.45) is 0 Å². The van der Waals surface area contributed by atoms with Gasteiger partial charge in [-0.25, -0.2) is 8.42 Å². The Kier molecular flexibility index (Phi) is 7.55. The fraction of sp³-hybridized carbons (Fsp3) is 0.333. The number of phenols is 1. The molecule has 0 saturated heterocycles. The number of rotatable bonds is 8. The number of ether oxygens (including phenoxy) is 1. The zero-order valence-electron chi connectivity index (χ0n) is 17.4. The molecule has 0 heterocycles. The lowest BCUT2D eigenvalue weighted by Gasteiger charge is -2.20. The number of phenolic OH excluding ortho intramolecular Hbond substituents is 1. The monoisotopic (exact) mass is 473 g/mol. The van der Waals surface area contributed by atoms with E-state index in [1.807, 2.05) is 6.92 Å². The maximum absolute atomic E-state index is 13.1. The molecule has 7 nitrogen and oxygen atoms in total. The van der Waals surface area contributed by atoms with Gasteiger partial charge in [0.15, 0.2) is 5.92 Å². The molecule has 174 valence electrons. The van der Waals surface area contributed by atoms with Gasteiger partial charge in [-0.15, -0.1) is 0 Å². The third kappa shape index (κ3) is 6.00. The van der Waals surface area contributed by atoms with Gasteiger partial charge in [0.2, 0.25) is 0 Å². The number of carbonyl (C=O) groups excluding carboxylic acids is 2. The van der Waals surface area contributed by atoms with Crippen LogP contribution in [0.15, 0.2) is 47.4 Å². The molecule has 0 aliphatic carbocycles. The van der Waals surface area contributed by atoms with Crippen molar-refractivity contribution in [3.8, 4) is 5.75 Å². The summed E-state index contributed by atoms with van der Waals surface area (Å²) in [7, 11) is -4.14. The van der Waals surface area contributed by atoms with Gasteiger partial charge < -0.3 is 9.84 Å². The number of benzene rings is 2. The molecule has 32 heavy (non-hydrogen) atoms. The third-order valence-electron chi connectivity index (χ3n) is 4.36. The second-order valence-electron chi connectivity index (χ2n) is 7.16. The van der Waals surface area contributed by atoms with Gasteiger partial charge in [-0.2, -0.15) is 13.2 Å². The summed E-state index contributed by atoms with van der Waals surface area (Å²) in [6.07, 6.45) is -5.54. The number of anilines is 1. The predicted octanol–water partition coefficient (Wildman–Crippen LogP) is 3.92. The summed E-state index contributed by atoms with van der Waals surface area (Å²) < 4.78 is 71.5. The molecule has 2 aromatic carbocycles. The van der Waals surface area contributed by atoms with E-state index >= 15 is 0 Å². The number of nitrogens with one attached hydrogen (secondary N) is 1. The van der Waals surface area contributed by atoms with E-state index in [0.29, 0.717) is 6.42 Å². The maximum Gasteiger partial charge on any atom is 0.451 e. The Morgan fingerprint density at radius 1 is 1.09 bits per heavy atom. The molecule has 0 aliphatic rings. The van der Waals surface area contributed by atoms with Crippen LogP contribution in [0.5, 0.6) is 5.75 Å². The van der Waals surface area contributed by atoms with E-state index in [4.69, 9.17) is 4.74 Å². The second kappa shape index (κ2) is 9.60. The topological polar surface area (TPSA) is 110 Å². The average molecular weight is 473 g/mol. The molecule has 2 aromatic rings. The number of hydrogen-bond acceptors (Lipinski definition) is 6. The Labute approximate surface area is 183 Å². The molecule has 0 bridgehead atoms. The SMILES string of the molecule is CCc1ccc(S(=O)(=O)Nc2ccc(O)c([C@@H](C(=O)OC(C)C)C(=O)C(F)(F)F)c2)cc1. The van der Waals surface area contributed by atoms with Crippen molar-refractivity contribution >= 4 is 27.5 Å². The summed E-state index contributed by atoms with van der Waals surface area (Å²) in [4.78, 5) is 24.1. The molecule has 0 saturated carbocycles. The Morgan fingerprint density at radius 2 is 1.69 bits per heavy atom. The largest absolute Gasteiger partial charge is 0.508 e. The van der Waals surface area contributed by atoms with E-state index in [2.05, 4.69) is 4.72 Å². The zero-order valence-corrected chi connectivity index (χ0v) is 18.3. The number of esters is 1. The highest BCUT2D eigenvalue weighted by Gasteiger charge is 2.48.